The largest absolute Gasteiger partial charge is 0.461 e. The van der Waals surface area contributed by atoms with E-state index in [1.54, 1.807) is 6.08 Å². The Bertz CT molecular complexity index is 1340. The Morgan fingerprint density at radius 1 is 0.884 bits per heavy atom. The smallest absolute Gasteiger partial charge is 0.331 e. The van der Waals surface area contributed by atoms with Crippen LogP contribution < -0.4 is 0 Å². The van der Waals surface area contributed by atoms with Crippen molar-refractivity contribution in [2.45, 2.75) is 98.6 Å². The number of carbonyl (C=O) groups excluding carboxylic acids is 4. The van der Waals surface area contributed by atoms with Gasteiger partial charge in [-0.2, -0.15) is 0 Å². The first-order valence-electron chi connectivity index (χ1n) is 15.0. The molecule has 43 heavy (non-hydrogen) atoms. The van der Waals surface area contributed by atoms with Crippen LogP contribution in [0.25, 0.3) is 6.08 Å². The van der Waals surface area contributed by atoms with Crippen LogP contribution in [0, 0.1) is 22.7 Å². The van der Waals surface area contributed by atoms with E-state index in [0.717, 1.165) is 16.7 Å². The standard InChI is InChI=1S/C35H44O8/c1-20-18-27(43-29(39)15-14-25-12-10-9-11-13-25)32-33(42-24(5)38)31-21(2)26(40-22(3)36)16-17-35(31,8)19-28(41-23(4)37)30(20)34(32,6)7/h9-15,26-28,31-33H,2,16-19H2,1,3-8H3/b15-14+/t26-,27-,28-,31-,32-,33-,35-/m0/s1. The zero-order valence-corrected chi connectivity index (χ0v) is 26.3. The van der Waals surface area contributed by atoms with Gasteiger partial charge >= 0.3 is 23.9 Å². The van der Waals surface area contributed by atoms with Crippen molar-refractivity contribution in [3.8, 4) is 0 Å². The Labute approximate surface area is 254 Å². The van der Waals surface area contributed by atoms with E-state index < -0.39 is 65.0 Å². The molecule has 0 N–H and O–H groups in total. The van der Waals surface area contributed by atoms with E-state index in [4.69, 9.17) is 18.9 Å². The quantitative estimate of drug-likeness (QED) is 0.168. The Morgan fingerprint density at radius 2 is 1.49 bits per heavy atom. The Hall–Kier alpha value is -3.68. The number of carbonyl (C=O) groups is 4. The van der Waals surface area contributed by atoms with Crippen LogP contribution in [-0.4, -0.2) is 48.3 Å². The highest BCUT2D eigenvalue weighted by Gasteiger charge is 2.61. The number of ether oxygens (including phenoxy) is 4. The highest BCUT2D eigenvalue weighted by molar-refractivity contribution is 5.87. The maximum Gasteiger partial charge on any atom is 0.331 e. The Kier molecular flexibility index (Phi) is 9.38. The van der Waals surface area contributed by atoms with E-state index in [2.05, 4.69) is 13.5 Å². The van der Waals surface area contributed by atoms with Crippen molar-refractivity contribution >= 4 is 30.0 Å². The number of hydrogen-bond donors (Lipinski definition) is 0. The molecular weight excluding hydrogens is 548 g/mol. The average Bonchev–Trinajstić information content (AvgIpc) is 2.87. The lowest BCUT2D eigenvalue weighted by Gasteiger charge is -2.58. The highest BCUT2D eigenvalue weighted by Crippen LogP contribution is 2.60. The molecule has 4 rings (SSSR count). The summed E-state index contributed by atoms with van der Waals surface area (Å²) in [4.78, 5) is 50.5. The minimum absolute atomic E-state index is 0.382. The Balaban J connectivity index is 1.85. The fourth-order valence-electron chi connectivity index (χ4n) is 8.06. The number of rotatable bonds is 6. The van der Waals surface area contributed by atoms with Crippen LogP contribution in [0.2, 0.25) is 0 Å². The van der Waals surface area contributed by atoms with Crippen molar-refractivity contribution in [2.24, 2.45) is 22.7 Å². The molecule has 2 fully saturated rings. The summed E-state index contributed by atoms with van der Waals surface area (Å²) in [5.41, 5.74) is 2.20. The second-order valence-corrected chi connectivity index (χ2v) is 13.1. The molecule has 232 valence electrons. The Morgan fingerprint density at radius 3 is 2.09 bits per heavy atom. The second kappa shape index (κ2) is 12.5. The molecule has 0 heterocycles. The molecule has 3 aliphatic rings. The fraction of sp³-hybridized carbons (Fsp3) is 0.543. The highest BCUT2D eigenvalue weighted by atomic mass is 16.6. The summed E-state index contributed by atoms with van der Waals surface area (Å²) in [5.74, 6) is -2.76. The van der Waals surface area contributed by atoms with Gasteiger partial charge in [0.1, 0.15) is 24.4 Å². The van der Waals surface area contributed by atoms with Gasteiger partial charge in [-0.15, -0.1) is 0 Å². The van der Waals surface area contributed by atoms with Gasteiger partial charge in [0, 0.05) is 45.1 Å². The van der Waals surface area contributed by atoms with Gasteiger partial charge in [0.05, 0.1) is 0 Å². The van der Waals surface area contributed by atoms with Gasteiger partial charge in [0.25, 0.3) is 0 Å². The van der Waals surface area contributed by atoms with Crippen molar-refractivity contribution in [2.75, 3.05) is 0 Å². The van der Waals surface area contributed by atoms with Gasteiger partial charge in [-0.05, 0) is 59.8 Å². The number of benzene rings is 1. The number of fused-ring (bicyclic) bond motifs is 3. The average molecular weight is 593 g/mol. The van der Waals surface area contributed by atoms with E-state index in [1.807, 2.05) is 51.1 Å². The lowest BCUT2D eigenvalue weighted by atomic mass is 9.50. The summed E-state index contributed by atoms with van der Waals surface area (Å²) >= 11 is 0. The molecule has 0 aromatic heterocycles. The van der Waals surface area contributed by atoms with Crippen LogP contribution in [0.1, 0.15) is 79.7 Å². The van der Waals surface area contributed by atoms with E-state index in [-0.39, 0.29) is 5.97 Å². The number of hydrogen-bond acceptors (Lipinski definition) is 8. The fourth-order valence-corrected chi connectivity index (χ4v) is 8.06. The molecule has 7 atom stereocenters. The van der Waals surface area contributed by atoms with Gasteiger partial charge in [-0.1, -0.05) is 63.3 Å². The third-order valence-corrected chi connectivity index (χ3v) is 9.49. The van der Waals surface area contributed by atoms with Crippen molar-refractivity contribution in [1.82, 2.24) is 0 Å². The van der Waals surface area contributed by atoms with Crippen molar-refractivity contribution < 1.29 is 38.1 Å². The van der Waals surface area contributed by atoms with Gasteiger partial charge in [-0.3, -0.25) is 14.4 Å². The molecule has 8 nitrogen and oxygen atoms in total. The van der Waals surface area contributed by atoms with Crippen molar-refractivity contribution in [3.63, 3.8) is 0 Å². The zero-order chi connectivity index (χ0) is 31.7. The SMILES string of the molecule is C=C1[C@@H](OC(C)=O)CC[C@@]2(C)C[C@H](OC(C)=O)C3=C(C)C[C@H](OC(=O)/C=C/c4ccccc4)[C@@H]([C@@H](OC(C)=O)[C@H]12)C3(C)C. The lowest BCUT2D eigenvalue weighted by molar-refractivity contribution is -0.185. The summed E-state index contributed by atoms with van der Waals surface area (Å²) in [6.45, 7) is 16.7. The molecule has 1 aromatic carbocycles. The van der Waals surface area contributed by atoms with Crippen LogP contribution in [0.3, 0.4) is 0 Å². The molecule has 0 unspecified atom stereocenters. The maximum absolute atomic E-state index is 13.3. The van der Waals surface area contributed by atoms with Crippen LogP contribution in [0.15, 0.2) is 59.7 Å². The van der Waals surface area contributed by atoms with Crippen molar-refractivity contribution in [3.05, 3.63) is 65.3 Å². The monoisotopic (exact) mass is 592 g/mol. The normalized spacial score (nSPS) is 31.7. The van der Waals surface area contributed by atoms with E-state index >= 15 is 0 Å². The predicted molar refractivity (Wildman–Crippen MR) is 161 cm³/mol. The predicted octanol–water partition coefficient (Wildman–Crippen LogP) is 6.15. The molecule has 2 bridgehead atoms. The lowest BCUT2D eigenvalue weighted by Crippen LogP contribution is -2.60. The van der Waals surface area contributed by atoms with Crippen molar-refractivity contribution in [1.29, 1.82) is 0 Å². The van der Waals surface area contributed by atoms with Gasteiger partial charge in [0.15, 0.2) is 0 Å². The first-order valence-corrected chi connectivity index (χ1v) is 15.0. The first-order chi connectivity index (χ1) is 20.1. The van der Waals surface area contributed by atoms with Crippen LogP contribution in [0.4, 0.5) is 0 Å². The zero-order valence-electron chi connectivity index (χ0n) is 26.3. The minimum Gasteiger partial charge on any atom is -0.461 e. The minimum atomic E-state index is -0.749. The van der Waals surface area contributed by atoms with Gasteiger partial charge < -0.3 is 18.9 Å². The van der Waals surface area contributed by atoms with Crippen LogP contribution in [-0.2, 0) is 38.1 Å². The first kappa shape index (κ1) is 32.2. The summed E-state index contributed by atoms with van der Waals surface area (Å²) in [5, 5.41) is 0. The molecule has 0 saturated heterocycles. The summed E-state index contributed by atoms with van der Waals surface area (Å²) in [6.07, 6.45) is 2.63. The third-order valence-electron chi connectivity index (χ3n) is 9.49. The molecule has 0 amide bonds. The molecule has 8 heteroatoms. The molecule has 1 aromatic rings. The maximum atomic E-state index is 13.3. The molecule has 0 aliphatic heterocycles. The number of esters is 4. The van der Waals surface area contributed by atoms with E-state index in [1.165, 1.54) is 26.8 Å². The van der Waals surface area contributed by atoms with E-state index in [9.17, 15) is 19.2 Å². The van der Waals surface area contributed by atoms with Crippen LogP contribution in [0.5, 0.6) is 0 Å². The molecular formula is C35H44O8. The van der Waals surface area contributed by atoms with E-state index in [0.29, 0.717) is 31.3 Å². The van der Waals surface area contributed by atoms with Gasteiger partial charge in [0.2, 0.25) is 0 Å². The molecule has 0 radical (unpaired) electrons. The summed E-state index contributed by atoms with van der Waals surface area (Å²) in [7, 11) is 0. The summed E-state index contributed by atoms with van der Waals surface area (Å²) < 4.78 is 24.1. The van der Waals surface area contributed by atoms with Crippen LogP contribution >= 0.6 is 0 Å². The second-order valence-electron chi connectivity index (χ2n) is 13.1. The summed E-state index contributed by atoms with van der Waals surface area (Å²) in [6, 6.07) is 9.46. The molecule has 0 spiro atoms. The third kappa shape index (κ3) is 6.78. The molecule has 3 aliphatic carbocycles. The van der Waals surface area contributed by atoms with Gasteiger partial charge in [-0.25, -0.2) is 4.79 Å². The molecule has 2 saturated carbocycles. The topological polar surface area (TPSA) is 105 Å².